The summed E-state index contributed by atoms with van der Waals surface area (Å²) in [4.78, 5) is 43.3. The molecule has 0 spiro atoms. The number of aliphatic hydroxyl groups is 1. The predicted octanol–water partition coefficient (Wildman–Crippen LogP) is 1.52. The van der Waals surface area contributed by atoms with Crippen molar-refractivity contribution < 1.29 is 29.8 Å². The molecule has 10 nitrogen and oxygen atoms in total. The Labute approximate surface area is 199 Å². The summed E-state index contributed by atoms with van der Waals surface area (Å²) in [5.74, 6) is -3.25. The van der Waals surface area contributed by atoms with Gasteiger partial charge in [-0.3, -0.25) is 19.7 Å². The van der Waals surface area contributed by atoms with Gasteiger partial charge in [0, 0.05) is 37.9 Å². The van der Waals surface area contributed by atoms with E-state index in [0.717, 1.165) is 24.9 Å². The molecule has 34 heavy (non-hydrogen) atoms. The second kappa shape index (κ2) is 10.6. The number of anilines is 1. The number of carboxylic acid groups (broad SMARTS) is 1. The first-order valence-electron chi connectivity index (χ1n) is 12.1. The molecule has 4 atom stereocenters. The van der Waals surface area contributed by atoms with Gasteiger partial charge in [-0.15, -0.1) is 0 Å². The summed E-state index contributed by atoms with van der Waals surface area (Å²) in [6.07, 6.45) is 1.80. The summed E-state index contributed by atoms with van der Waals surface area (Å²) in [5, 5.41) is 30.3. The Morgan fingerprint density at radius 3 is 2.21 bits per heavy atom. The average molecular weight is 475 g/mol. The van der Waals surface area contributed by atoms with Crippen LogP contribution >= 0.6 is 0 Å². The van der Waals surface area contributed by atoms with Crippen molar-refractivity contribution in [1.29, 1.82) is 0 Å². The molecule has 0 bridgehead atoms. The van der Waals surface area contributed by atoms with Crippen LogP contribution in [0.1, 0.15) is 38.5 Å². The molecular weight excluding hydrogens is 440 g/mol. The molecule has 0 aromatic heterocycles. The highest BCUT2D eigenvalue weighted by Gasteiger charge is 2.54. The second-order valence-electron chi connectivity index (χ2n) is 9.53. The predicted molar refractivity (Wildman–Crippen MR) is 123 cm³/mol. The van der Waals surface area contributed by atoms with Gasteiger partial charge in [-0.1, -0.05) is 37.5 Å². The van der Waals surface area contributed by atoms with Gasteiger partial charge in [0.2, 0.25) is 11.8 Å². The van der Waals surface area contributed by atoms with Gasteiger partial charge >= 0.3 is 6.09 Å². The number of nitrogens with zero attached hydrogens (tertiary/aromatic N) is 3. The summed E-state index contributed by atoms with van der Waals surface area (Å²) in [7, 11) is 0. The van der Waals surface area contributed by atoms with E-state index in [0.29, 0.717) is 39.0 Å². The number of carbonyl (C=O) groups is 3. The van der Waals surface area contributed by atoms with Gasteiger partial charge in [0.05, 0.1) is 24.0 Å². The van der Waals surface area contributed by atoms with Crippen molar-refractivity contribution in [3.63, 3.8) is 0 Å². The quantitative estimate of drug-likeness (QED) is 0.376. The standard InChI is InChI=1S/C24H34N4O6/c29-21-19(28(24(32)33)17-9-5-2-6-10-17)15-18(20(21)22(30)25-34)23(31)27-13-11-26(12-14-27)16-7-3-1-4-8-16/h1,3-4,7-8,17-21,29,34H,2,5-6,9-15H2,(H,25,30)(H,32,33)/t18-,19+,20-,21-/m0/s1. The number of aliphatic hydroxyl groups excluding tert-OH is 1. The van der Waals surface area contributed by atoms with Gasteiger partial charge in [0.1, 0.15) is 0 Å². The Morgan fingerprint density at radius 2 is 1.62 bits per heavy atom. The average Bonchev–Trinajstić information content (AvgIpc) is 3.20. The Kier molecular flexibility index (Phi) is 7.57. The van der Waals surface area contributed by atoms with Crippen LogP contribution in [0.15, 0.2) is 30.3 Å². The summed E-state index contributed by atoms with van der Waals surface area (Å²) in [6, 6.07) is 8.79. The molecule has 1 aromatic carbocycles. The Morgan fingerprint density at radius 1 is 0.971 bits per heavy atom. The van der Waals surface area contributed by atoms with Crippen LogP contribution in [0, 0.1) is 11.8 Å². The highest BCUT2D eigenvalue weighted by Crippen LogP contribution is 2.39. The van der Waals surface area contributed by atoms with E-state index in [1.165, 1.54) is 4.90 Å². The number of benzene rings is 1. The summed E-state index contributed by atoms with van der Waals surface area (Å²) in [6.45, 7) is 2.19. The van der Waals surface area contributed by atoms with Crippen LogP contribution in [-0.4, -0.2) is 87.5 Å². The molecule has 10 heteroatoms. The summed E-state index contributed by atoms with van der Waals surface area (Å²) >= 11 is 0. The van der Waals surface area contributed by atoms with Gasteiger partial charge in [0.15, 0.2) is 0 Å². The molecule has 1 saturated heterocycles. The molecule has 1 aliphatic heterocycles. The minimum Gasteiger partial charge on any atom is -0.465 e. The molecule has 1 heterocycles. The van der Waals surface area contributed by atoms with E-state index in [2.05, 4.69) is 4.90 Å². The number of nitrogens with one attached hydrogen (secondary N) is 1. The van der Waals surface area contributed by atoms with E-state index in [4.69, 9.17) is 0 Å². The van der Waals surface area contributed by atoms with Crippen molar-refractivity contribution in [2.45, 2.75) is 56.7 Å². The van der Waals surface area contributed by atoms with Crippen molar-refractivity contribution in [2.75, 3.05) is 31.1 Å². The number of para-hydroxylation sites is 1. The Bertz CT molecular complexity index is 869. The van der Waals surface area contributed by atoms with Gasteiger partial charge in [-0.05, 0) is 31.4 Å². The minimum absolute atomic E-state index is 0.0553. The van der Waals surface area contributed by atoms with Crippen molar-refractivity contribution in [1.82, 2.24) is 15.3 Å². The first kappa shape index (κ1) is 24.3. The van der Waals surface area contributed by atoms with Crippen LogP contribution in [0.2, 0.25) is 0 Å². The molecule has 3 aliphatic rings. The minimum atomic E-state index is -1.37. The highest BCUT2D eigenvalue weighted by molar-refractivity contribution is 5.89. The van der Waals surface area contributed by atoms with E-state index < -0.39 is 36.0 Å². The molecule has 0 radical (unpaired) electrons. The monoisotopic (exact) mass is 474 g/mol. The molecule has 4 rings (SSSR count). The number of rotatable bonds is 5. The fourth-order valence-corrected chi connectivity index (χ4v) is 5.95. The van der Waals surface area contributed by atoms with E-state index in [9.17, 15) is 29.8 Å². The first-order valence-corrected chi connectivity index (χ1v) is 12.1. The fraction of sp³-hybridized carbons (Fsp3) is 0.625. The van der Waals surface area contributed by atoms with Crippen LogP contribution in [0.25, 0.3) is 0 Å². The second-order valence-corrected chi connectivity index (χ2v) is 9.53. The van der Waals surface area contributed by atoms with Crippen LogP contribution in [0.5, 0.6) is 0 Å². The maximum Gasteiger partial charge on any atom is 0.407 e. The molecule has 3 amide bonds. The van der Waals surface area contributed by atoms with Crippen LogP contribution < -0.4 is 10.4 Å². The summed E-state index contributed by atoms with van der Waals surface area (Å²) < 4.78 is 0. The van der Waals surface area contributed by atoms with E-state index >= 15 is 0 Å². The van der Waals surface area contributed by atoms with Gasteiger partial charge < -0.3 is 20.0 Å². The SMILES string of the molecule is O=C(NO)[C@@H]1[C@@H](O)[C@H](N(C(=O)O)C2CCCCC2)C[C@@H]1C(=O)N1CCN(c2ccccc2)CC1. The number of hydrogen-bond acceptors (Lipinski definition) is 6. The highest BCUT2D eigenvalue weighted by atomic mass is 16.5. The molecule has 4 N–H and O–H groups in total. The largest absolute Gasteiger partial charge is 0.465 e. The zero-order chi connectivity index (χ0) is 24.2. The molecule has 1 aromatic rings. The smallest absolute Gasteiger partial charge is 0.407 e. The van der Waals surface area contributed by atoms with E-state index in [-0.39, 0.29) is 18.4 Å². The maximum absolute atomic E-state index is 13.5. The zero-order valence-electron chi connectivity index (χ0n) is 19.3. The van der Waals surface area contributed by atoms with E-state index in [1.54, 1.807) is 10.4 Å². The third kappa shape index (κ3) is 4.83. The van der Waals surface area contributed by atoms with Gasteiger partial charge in [0.25, 0.3) is 0 Å². The number of piperazine rings is 1. The molecule has 0 unspecified atom stereocenters. The first-order chi connectivity index (χ1) is 16.4. The van der Waals surface area contributed by atoms with Crippen LogP contribution in [0.4, 0.5) is 10.5 Å². The number of carbonyl (C=O) groups excluding carboxylic acids is 2. The number of hydroxylamine groups is 1. The van der Waals surface area contributed by atoms with Crippen LogP contribution in [-0.2, 0) is 9.59 Å². The maximum atomic E-state index is 13.5. The van der Waals surface area contributed by atoms with Crippen molar-refractivity contribution in [2.24, 2.45) is 11.8 Å². The molecule has 186 valence electrons. The zero-order valence-corrected chi connectivity index (χ0v) is 19.3. The molecule has 2 saturated carbocycles. The number of hydrogen-bond donors (Lipinski definition) is 4. The lowest BCUT2D eigenvalue weighted by molar-refractivity contribution is -0.146. The Hall–Kier alpha value is -2.85. The number of amides is 3. The normalized spacial score (nSPS) is 27.9. The van der Waals surface area contributed by atoms with Gasteiger partial charge in [-0.25, -0.2) is 10.3 Å². The molecule has 2 aliphatic carbocycles. The van der Waals surface area contributed by atoms with Crippen molar-refractivity contribution in [3.8, 4) is 0 Å². The van der Waals surface area contributed by atoms with Crippen LogP contribution in [0.3, 0.4) is 0 Å². The molecule has 3 fully saturated rings. The fourth-order valence-electron chi connectivity index (χ4n) is 5.95. The van der Waals surface area contributed by atoms with Crippen molar-refractivity contribution in [3.05, 3.63) is 30.3 Å². The Balaban J connectivity index is 1.49. The summed E-state index contributed by atoms with van der Waals surface area (Å²) in [5.41, 5.74) is 2.65. The van der Waals surface area contributed by atoms with Gasteiger partial charge in [-0.2, -0.15) is 0 Å². The third-order valence-corrected chi connectivity index (χ3v) is 7.68. The van der Waals surface area contributed by atoms with E-state index in [1.807, 2.05) is 30.3 Å². The third-order valence-electron chi connectivity index (χ3n) is 7.68. The topological polar surface area (TPSA) is 134 Å². The van der Waals surface area contributed by atoms with Crippen molar-refractivity contribution >= 4 is 23.6 Å². The lowest BCUT2D eigenvalue weighted by Crippen LogP contribution is -2.52. The lowest BCUT2D eigenvalue weighted by Gasteiger charge is -2.38. The molecular formula is C24H34N4O6. The lowest BCUT2D eigenvalue weighted by atomic mass is 9.92.